The number of nitrogens with zero attached hydrogens (tertiary/aromatic N) is 3. The Hall–Kier alpha value is -2.16. The van der Waals surface area contributed by atoms with Gasteiger partial charge in [0.25, 0.3) is 5.91 Å². The van der Waals surface area contributed by atoms with E-state index in [1.807, 2.05) is 0 Å². The van der Waals surface area contributed by atoms with Crippen molar-refractivity contribution < 1.29 is 4.79 Å². The lowest BCUT2D eigenvalue weighted by molar-refractivity contribution is 0.0954. The lowest BCUT2D eigenvalue weighted by Gasteiger charge is -2.31. The molecule has 27 heavy (non-hydrogen) atoms. The number of aromatic nitrogens is 1. The molecule has 1 aliphatic heterocycles. The Balaban J connectivity index is 0.00000261. The zero-order chi connectivity index (χ0) is 18.2. The van der Waals surface area contributed by atoms with E-state index in [0.717, 1.165) is 32.0 Å². The molecular weight excluding hydrogens is 453 g/mol. The smallest absolute Gasteiger partial charge is 0.252 e. The summed E-state index contributed by atoms with van der Waals surface area (Å²) in [5, 5.41) is 6.24. The summed E-state index contributed by atoms with van der Waals surface area (Å²) in [7, 11) is 0. The van der Waals surface area contributed by atoms with Crippen molar-refractivity contribution in [2.75, 3.05) is 26.2 Å². The zero-order valence-electron chi connectivity index (χ0n) is 15.5. The highest BCUT2D eigenvalue weighted by Crippen LogP contribution is 2.18. The molecular formula is C20H26IN5O. The predicted octanol–water partition coefficient (Wildman–Crippen LogP) is 2.45. The van der Waals surface area contributed by atoms with Crippen LogP contribution in [0.3, 0.4) is 0 Å². The third-order valence-electron chi connectivity index (χ3n) is 4.35. The van der Waals surface area contributed by atoms with E-state index in [1.54, 1.807) is 24.5 Å². The quantitative estimate of drug-likeness (QED) is 0.299. The molecule has 0 saturated heterocycles. The first-order chi connectivity index (χ1) is 12.8. The highest BCUT2D eigenvalue weighted by Gasteiger charge is 2.18. The standard InChI is InChI=1S/C20H25N5O.HI/c1-2-22-20(25-13-9-16-6-3-4-7-18(16)15-25)24-12-11-23-19(26)17-8-5-10-21-14-17;/h3-8,10,14H,2,9,11-13,15H2,1H3,(H,22,24)(H,23,26);1H. The van der Waals surface area contributed by atoms with Gasteiger partial charge in [-0.15, -0.1) is 24.0 Å². The second-order valence-corrected chi connectivity index (χ2v) is 6.17. The number of pyridine rings is 1. The maximum absolute atomic E-state index is 12.0. The summed E-state index contributed by atoms with van der Waals surface area (Å²) in [6, 6.07) is 12.1. The fourth-order valence-corrected chi connectivity index (χ4v) is 3.03. The number of hydrogen-bond donors (Lipinski definition) is 2. The maximum atomic E-state index is 12.0. The van der Waals surface area contributed by atoms with Crippen LogP contribution in [0.5, 0.6) is 0 Å². The van der Waals surface area contributed by atoms with Crippen LogP contribution >= 0.6 is 24.0 Å². The molecule has 7 heteroatoms. The second-order valence-electron chi connectivity index (χ2n) is 6.17. The minimum Gasteiger partial charge on any atom is -0.357 e. The minimum absolute atomic E-state index is 0. The zero-order valence-corrected chi connectivity index (χ0v) is 17.8. The Bertz CT molecular complexity index is 766. The molecule has 1 aliphatic rings. The van der Waals surface area contributed by atoms with Crippen LogP contribution in [-0.4, -0.2) is 47.9 Å². The first-order valence-electron chi connectivity index (χ1n) is 9.06. The number of amides is 1. The second kappa shape index (κ2) is 10.9. The molecule has 2 N–H and O–H groups in total. The van der Waals surface area contributed by atoms with Crippen LogP contribution in [0, 0.1) is 0 Å². The number of aliphatic imine (C=N–C) groups is 1. The van der Waals surface area contributed by atoms with Gasteiger partial charge in [0.1, 0.15) is 0 Å². The van der Waals surface area contributed by atoms with E-state index in [1.165, 1.54) is 11.1 Å². The summed E-state index contributed by atoms with van der Waals surface area (Å²) in [4.78, 5) is 22.9. The summed E-state index contributed by atoms with van der Waals surface area (Å²) < 4.78 is 0. The molecule has 0 aliphatic carbocycles. The van der Waals surface area contributed by atoms with Crippen LogP contribution in [0.25, 0.3) is 0 Å². The van der Waals surface area contributed by atoms with Crippen LogP contribution in [-0.2, 0) is 13.0 Å². The molecule has 1 aromatic heterocycles. The number of benzene rings is 1. The van der Waals surface area contributed by atoms with Crippen molar-refractivity contribution in [2.24, 2.45) is 4.99 Å². The highest BCUT2D eigenvalue weighted by atomic mass is 127. The van der Waals surface area contributed by atoms with Crippen LogP contribution < -0.4 is 10.6 Å². The van der Waals surface area contributed by atoms with Crippen LogP contribution in [0.15, 0.2) is 53.8 Å². The fourth-order valence-electron chi connectivity index (χ4n) is 3.03. The first-order valence-corrected chi connectivity index (χ1v) is 9.06. The number of fused-ring (bicyclic) bond motifs is 1. The van der Waals surface area contributed by atoms with Gasteiger partial charge in [-0.2, -0.15) is 0 Å². The number of rotatable bonds is 5. The number of halogens is 1. The van der Waals surface area contributed by atoms with Gasteiger partial charge in [0.05, 0.1) is 12.1 Å². The molecule has 0 radical (unpaired) electrons. The summed E-state index contributed by atoms with van der Waals surface area (Å²) in [6.45, 7) is 5.73. The molecule has 144 valence electrons. The topological polar surface area (TPSA) is 69.6 Å². The highest BCUT2D eigenvalue weighted by molar-refractivity contribution is 14.0. The van der Waals surface area contributed by atoms with Crippen LogP contribution in [0.2, 0.25) is 0 Å². The number of nitrogens with one attached hydrogen (secondary N) is 2. The van der Waals surface area contributed by atoms with Gasteiger partial charge in [0.15, 0.2) is 5.96 Å². The first kappa shape index (κ1) is 21.1. The van der Waals surface area contributed by atoms with Gasteiger partial charge in [-0.25, -0.2) is 0 Å². The van der Waals surface area contributed by atoms with Gasteiger partial charge in [0, 0.05) is 38.6 Å². The average molecular weight is 479 g/mol. The monoisotopic (exact) mass is 479 g/mol. The summed E-state index contributed by atoms with van der Waals surface area (Å²) in [5.74, 6) is 0.780. The Labute approximate surface area is 177 Å². The summed E-state index contributed by atoms with van der Waals surface area (Å²) in [6.07, 6.45) is 4.24. The molecule has 2 aromatic rings. The molecule has 2 heterocycles. The third-order valence-corrected chi connectivity index (χ3v) is 4.35. The van der Waals surface area contributed by atoms with E-state index >= 15 is 0 Å². The molecule has 0 spiro atoms. The lowest BCUT2D eigenvalue weighted by atomic mass is 10.0. The van der Waals surface area contributed by atoms with E-state index in [-0.39, 0.29) is 29.9 Å². The lowest BCUT2D eigenvalue weighted by Crippen LogP contribution is -2.44. The fraction of sp³-hybridized carbons (Fsp3) is 0.350. The third kappa shape index (κ3) is 5.92. The molecule has 6 nitrogen and oxygen atoms in total. The van der Waals surface area contributed by atoms with E-state index in [2.05, 4.69) is 56.7 Å². The van der Waals surface area contributed by atoms with Gasteiger partial charge in [-0.05, 0) is 36.6 Å². The number of carbonyl (C=O) groups is 1. The van der Waals surface area contributed by atoms with Gasteiger partial charge >= 0.3 is 0 Å². The maximum Gasteiger partial charge on any atom is 0.252 e. The SMILES string of the molecule is CCNC(=NCCNC(=O)c1cccnc1)N1CCc2ccccc2C1.I. The molecule has 1 amide bonds. The van der Waals surface area contributed by atoms with Crippen molar-refractivity contribution in [3.05, 3.63) is 65.5 Å². The largest absolute Gasteiger partial charge is 0.357 e. The number of guanidine groups is 1. The number of hydrogen-bond acceptors (Lipinski definition) is 3. The molecule has 0 atom stereocenters. The van der Waals surface area contributed by atoms with Crippen LogP contribution in [0.4, 0.5) is 0 Å². The van der Waals surface area contributed by atoms with Crippen molar-refractivity contribution in [1.82, 2.24) is 20.5 Å². The normalized spacial score (nSPS) is 13.4. The van der Waals surface area contributed by atoms with Crippen molar-refractivity contribution in [1.29, 1.82) is 0 Å². The van der Waals surface area contributed by atoms with E-state index in [4.69, 9.17) is 0 Å². The van der Waals surface area contributed by atoms with Gasteiger partial charge < -0.3 is 15.5 Å². The summed E-state index contributed by atoms with van der Waals surface area (Å²) in [5.41, 5.74) is 3.34. The van der Waals surface area contributed by atoms with Gasteiger partial charge in [-0.1, -0.05) is 24.3 Å². The average Bonchev–Trinajstić information content (AvgIpc) is 2.70. The van der Waals surface area contributed by atoms with Crippen molar-refractivity contribution in [2.45, 2.75) is 19.9 Å². The number of carbonyl (C=O) groups excluding carboxylic acids is 1. The van der Waals surface area contributed by atoms with Crippen molar-refractivity contribution in [3.8, 4) is 0 Å². The van der Waals surface area contributed by atoms with E-state index in [9.17, 15) is 4.79 Å². The summed E-state index contributed by atoms with van der Waals surface area (Å²) >= 11 is 0. The van der Waals surface area contributed by atoms with Crippen LogP contribution in [0.1, 0.15) is 28.4 Å². The van der Waals surface area contributed by atoms with Gasteiger partial charge in [0.2, 0.25) is 0 Å². The van der Waals surface area contributed by atoms with Crippen molar-refractivity contribution >= 4 is 35.8 Å². The Morgan fingerprint density at radius 2 is 2.00 bits per heavy atom. The Morgan fingerprint density at radius 1 is 1.19 bits per heavy atom. The van der Waals surface area contributed by atoms with E-state index in [0.29, 0.717) is 18.7 Å². The molecule has 3 rings (SSSR count). The molecule has 1 aromatic carbocycles. The molecule has 0 unspecified atom stereocenters. The van der Waals surface area contributed by atoms with Gasteiger partial charge in [-0.3, -0.25) is 14.8 Å². The predicted molar refractivity (Wildman–Crippen MR) is 119 cm³/mol. The Morgan fingerprint density at radius 3 is 2.74 bits per heavy atom. The molecule has 0 bridgehead atoms. The van der Waals surface area contributed by atoms with Crippen molar-refractivity contribution in [3.63, 3.8) is 0 Å². The van der Waals surface area contributed by atoms with E-state index < -0.39 is 0 Å². The minimum atomic E-state index is -0.120. The Kier molecular flexibility index (Phi) is 8.50. The molecule has 0 saturated carbocycles. The molecule has 0 fully saturated rings.